The van der Waals surface area contributed by atoms with E-state index in [1.165, 1.54) is 0 Å². The number of hydrogen-bond acceptors (Lipinski definition) is 4. The number of aliphatic hydroxyl groups excluding tert-OH is 1. The molecule has 0 spiro atoms. The van der Waals surface area contributed by atoms with Crippen molar-refractivity contribution in [1.82, 2.24) is 20.6 Å². The summed E-state index contributed by atoms with van der Waals surface area (Å²) in [5, 5.41) is 23.0. The molecule has 1 aromatic carbocycles. The Morgan fingerprint density at radius 3 is 2.54 bits per heavy atom. The quantitative estimate of drug-likeness (QED) is 0.694. The van der Waals surface area contributed by atoms with Gasteiger partial charge in [-0.2, -0.15) is 5.21 Å². The number of hydrogen-bond donors (Lipinski definition) is 1. The summed E-state index contributed by atoms with van der Waals surface area (Å²) in [7, 11) is 0. The van der Waals surface area contributed by atoms with Crippen molar-refractivity contribution in [3.05, 3.63) is 29.8 Å². The van der Waals surface area contributed by atoms with Gasteiger partial charge in [-0.15, -0.1) is 0 Å². The van der Waals surface area contributed by atoms with E-state index < -0.39 is 0 Å². The third-order valence-corrected chi connectivity index (χ3v) is 1.71. The van der Waals surface area contributed by atoms with Crippen molar-refractivity contribution >= 4 is 0 Å². The first-order valence-electron chi connectivity index (χ1n) is 3.79. The van der Waals surface area contributed by atoms with E-state index in [0.29, 0.717) is 5.82 Å². The molecule has 0 aliphatic rings. The van der Waals surface area contributed by atoms with Gasteiger partial charge in [0, 0.05) is 5.82 Å². The standard InChI is InChI=1S/C8H7N4O/c13-5-6-1-3-7(4-2-6)8-9-11-12-10-8/h1-4,13H,5H2/q-1. The predicted molar refractivity (Wildman–Crippen MR) is 44.5 cm³/mol. The summed E-state index contributed by atoms with van der Waals surface area (Å²) in [5.74, 6) is 0.504. The van der Waals surface area contributed by atoms with Gasteiger partial charge in [-0.3, -0.25) is 10.3 Å². The van der Waals surface area contributed by atoms with Crippen LogP contribution < -0.4 is 5.10 Å². The lowest BCUT2D eigenvalue weighted by molar-refractivity contribution is 0.282. The molecule has 0 bridgehead atoms. The highest BCUT2D eigenvalue weighted by Gasteiger charge is 1.94. The van der Waals surface area contributed by atoms with Crippen molar-refractivity contribution in [2.75, 3.05) is 0 Å². The zero-order valence-electron chi connectivity index (χ0n) is 6.75. The summed E-state index contributed by atoms with van der Waals surface area (Å²) < 4.78 is 0. The summed E-state index contributed by atoms with van der Waals surface area (Å²) in [6.07, 6.45) is 0. The largest absolute Gasteiger partial charge is 0.392 e. The second kappa shape index (κ2) is 3.32. The second-order valence-corrected chi connectivity index (χ2v) is 2.56. The molecule has 0 atom stereocenters. The molecular weight excluding hydrogens is 168 g/mol. The van der Waals surface area contributed by atoms with Gasteiger partial charge in [0.15, 0.2) is 0 Å². The van der Waals surface area contributed by atoms with Crippen molar-refractivity contribution in [2.24, 2.45) is 0 Å². The molecule has 1 heterocycles. The molecule has 5 nitrogen and oxygen atoms in total. The van der Waals surface area contributed by atoms with Gasteiger partial charge in [-0.1, -0.05) is 24.3 Å². The van der Waals surface area contributed by atoms with Crippen molar-refractivity contribution < 1.29 is 5.11 Å². The zero-order chi connectivity index (χ0) is 9.10. The molecule has 66 valence electrons. The highest BCUT2D eigenvalue weighted by molar-refractivity contribution is 5.53. The maximum Gasteiger partial charge on any atom is 0.0681 e. The van der Waals surface area contributed by atoms with Crippen LogP contribution in [0.5, 0.6) is 0 Å². The molecule has 0 saturated heterocycles. The average molecular weight is 175 g/mol. The maximum absolute atomic E-state index is 8.80. The Bertz CT molecular complexity index is 368. The first-order valence-corrected chi connectivity index (χ1v) is 3.79. The molecular formula is C8H7N4O-. The van der Waals surface area contributed by atoms with Crippen LogP contribution in [0.1, 0.15) is 5.56 Å². The van der Waals surface area contributed by atoms with E-state index in [9.17, 15) is 0 Å². The summed E-state index contributed by atoms with van der Waals surface area (Å²) in [6, 6.07) is 7.27. The third-order valence-electron chi connectivity index (χ3n) is 1.71. The lowest BCUT2D eigenvalue weighted by Crippen LogP contribution is -1.85. The number of aromatic nitrogens is 4. The average Bonchev–Trinajstić information content (AvgIpc) is 2.71. The highest BCUT2D eigenvalue weighted by atomic mass is 16.3. The molecule has 13 heavy (non-hydrogen) atoms. The lowest BCUT2D eigenvalue weighted by Gasteiger charge is -2.00. The van der Waals surface area contributed by atoms with Gasteiger partial charge in [-0.05, 0) is 11.1 Å². The molecule has 1 aromatic heterocycles. The first-order chi connectivity index (χ1) is 6.40. The SMILES string of the molecule is OCc1ccc(-c2nnn[n-]2)cc1. The van der Waals surface area contributed by atoms with Crippen molar-refractivity contribution in [3.8, 4) is 11.4 Å². The van der Waals surface area contributed by atoms with Gasteiger partial charge in [0.05, 0.1) is 6.61 Å². The van der Waals surface area contributed by atoms with E-state index in [1.54, 1.807) is 0 Å². The van der Waals surface area contributed by atoms with E-state index in [1.807, 2.05) is 24.3 Å². The van der Waals surface area contributed by atoms with Gasteiger partial charge < -0.3 is 10.2 Å². The van der Waals surface area contributed by atoms with Gasteiger partial charge in [-0.25, -0.2) is 0 Å². The number of nitrogens with zero attached hydrogens (tertiary/aromatic N) is 4. The maximum atomic E-state index is 8.80. The van der Waals surface area contributed by atoms with Crippen LogP contribution in [0.25, 0.3) is 11.4 Å². The molecule has 0 fully saturated rings. The van der Waals surface area contributed by atoms with E-state index in [-0.39, 0.29) is 6.61 Å². The van der Waals surface area contributed by atoms with Crippen molar-refractivity contribution in [1.29, 1.82) is 0 Å². The van der Waals surface area contributed by atoms with Gasteiger partial charge in [0.1, 0.15) is 0 Å². The fraction of sp³-hybridized carbons (Fsp3) is 0.125. The number of aliphatic hydroxyl groups is 1. The lowest BCUT2D eigenvalue weighted by atomic mass is 10.1. The van der Waals surface area contributed by atoms with Crippen LogP contribution in [-0.2, 0) is 6.61 Å². The van der Waals surface area contributed by atoms with Crippen LogP contribution in [0.15, 0.2) is 24.3 Å². The van der Waals surface area contributed by atoms with E-state index in [2.05, 4.69) is 20.6 Å². The molecule has 1 N–H and O–H groups in total. The Morgan fingerprint density at radius 1 is 1.23 bits per heavy atom. The Hall–Kier alpha value is -1.75. The van der Waals surface area contributed by atoms with Gasteiger partial charge in [0.2, 0.25) is 0 Å². The fourth-order valence-corrected chi connectivity index (χ4v) is 1.02. The first kappa shape index (κ1) is 7.88. The van der Waals surface area contributed by atoms with E-state index in [4.69, 9.17) is 5.11 Å². The summed E-state index contributed by atoms with van der Waals surface area (Å²) in [5.41, 5.74) is 1.71. The fourth-order valence-electron chi connectivity index (χ4n) is 1.02. The molecule has 0 saturated carbocycles. The van der Waals surface area contributed by atoms with Crippen LogP contribution in [0.2, 0.25) is 0 Å². The number of rotatable bonds is 2. The number of benzene rings is 1. The molecule has 2 rings (SSSR count). The molecule has 0 amide bonds. The van der Waals surface area contributed by atoms with Gasteiger partial charge in [0.25, 0.3) is 0 Å². The minimum absolute atomic E-state index is 0.0403. The van der Waals surface area contributed by atoms with E-state index in [0.717, 1.165) is 11.1 Å². The number of tetrazole rings is 1. The zero-order valence-corrected chi connectivity index (χ0v) is 6.75. The van der Waals surface area contributed by atoms with Crippen molar-refractivity contribution in [3.63, 3.8) is 0 Å². The Labute approximate surface area is 74.4 Å². The Balaban J connectivity index is 2.33. The van der Waals surface area contributed by atoms with Crippen LogP contribution in [0, 0.1) is 0 Å². The molecule has 0 aliphatic heterocycles. The molecule has 5 heteroatoms. The normalized spacial score (nSPS) is 10.2. The van der Waals surface area contributed by atoms with Crippen molar-refractivity contribution in [2.45, 2.75) is 6.61 Å². The minimum atomic E-state index is 0.0403. The molecule has 0 radical (unpaired) electrons. The molecule has 0 unspecified atom stereocenters. The van der Waals surface area contributed by atoms with Crippen LogP contribution >= 0.6 is 0 Å². The topological polar surface area (TPSA) is 73.0 Å². The summed E-state index contributed by atoms with van der Waals surface area (Å²) in [6.45, 7) is 0.0403. The second-order valence-electron chi connectivity index (χ2n) is 2.56. The monoisotopic (exact) mass is 175 g/mol. The smallest absolute Gasteiger partial charge is 0.0681 e. The van der Waals surface area contributed by atoms with Crippen LogP contribution in [0.4, 0.5) is 0 Å². The third kappa shape index (κ3) is 1.54. The minimum Gasteiger partial charge on any atom is -0.392 e. The van der Waals surface area contributed by atoms with Crippen LogP contribution in [-0.4, -0.2) is 20.6 Å². The Kier molecular flexibility index (Phi) is 2.01. The Morgan fingerprint density at radius 2 is 2.00 bits per heavy atom. The highest BCUT2D eigenvalue weighted by Crippen LogP contribution is 2.12. The molecule has 0 aliphatic carbocycles. The summed E-state index contributed by atoms with van der Waals surface area (Å²) >= 11 is 0. The predicted octanol–water partition coefficient (Wildman–Crippen LogP) is -0.0119. The summed E-state index contributed by atoms with van der Waals surface area (Å²) in [4.78, 5) is 0. The van der Waals surface area contributed by atoms with Gasteiger partial charge >= 0.3 is 0 Å². The van der Waals surface area contributed by atoms with E-state index >= 15 is 0 Å². The van der Waals surface area contributed by atoms with Crippen LogP contribution in [0.3, 0.4) is 0 Å². The molecule has 2 aromatic rings.